The summed E-state index contributed by atoms with van der Waals surface area (Å²) in [6, 6.07) is 1.78. The van der Waals surface area contributed by atoms with Crippen molar-refractivity contribution in [1.82, 2.24) is 25.3 Å². The monoisotopic (exact) mass is 274 g/mol. The van der Waals surface area contributed by atoms with Crippen molar-refractivity contribution in [3.63, 3.8) is 0 Å². The van der Waals surface area contributed by atoms with Gasteiger partial charge in [0.15, 0.2) is 5.82 Å². The third-order valence-electron chi connectivity index (χ3n) is 3.71. The molecule has 7 heteroatoms. The number of hydrogen-bond acceptors (Lipinski definition) is 3. The van der Waals surface area contributed by atoms with E-state index >= 15 is 0 Å². The number of aromatic nitrogens is 4. The second-order valence-corrected chi connectivity index (χ2v) is 5.21. The number of aromatic amines is 1. The maximum Gasteiger partial charge on any atom is 0.320 e. The van der Waals surface area contributed by atoms with E-state index in [1.807, 2.05) is 26.2 Å². The lowest BCUT2D eigenvalue weighted by molar-refractivity contribution is 0.247. The fourth-order valence-electron chi connectivity index (χ4n) is 2.50. The fourth-order valence-corrected chi connectivity index (χ4v) is 2.50. The predicted octanol–water partition coefficient (Wildman–Crippen LogP) is 1.13. The van der Waals surface area contributed by atoms with Crippen molar-refractivity contribution >= 4 is 11.8 Å². The smallest absolute Gasteiger partial charge is 0.320 e. The van der Waals surface area contributed by atoms with Crippen molar-refractivity contribution in [3.8, 4) is 0 Å². The molecule has 2 aromatic rings. The van der Waals surface area contributed by atoms with E-state index < -0.39 is 0 Å². The Bertz CT molecular complexity index is 609. The molecule has 106 valence electrons. The zero-order valence-electron chi connectivity index (χ0n) is 11.6. The number of urea groups is 1. The Balaban J connectivity index is 1.57. The van der Waals surface area contributed by atoms with Gasteiger partial charge in [-0.3, -0.25) is 15.1 Å². The molecule has 0 saturated heterocycles. The van der Waals surface area contributed by atoms with Crippen LogP contribution in [0.3, 0.4) is 0 Å². The van der Waals surface area contributed by atoms with Crippen LogP contribution in [0.15, 0.2) is 12.3 Å². The summed E-state index contributed by atoms with van der Waals surface area (Å²) >= 11 is 0. The van der Waals surface area contributed by atoms with Crippen molar-refractivity contribution in [2.75, 3.05) is 5.32 Å². The zero-order valence-corrected chi connectivity index (χ0v) is 11.6. The molecule has 0 saturated carbocycles. The first-order valence-electron chi connectivity index (χ1n) is 6.71. The molecule has 3 rings (SSSR count). The molecule has 7 nitrogen and oxygen atoms in total. The summed E-state index contributed by atoms with van der Waals surface area (Å²) in [6.07, 6.45) is 4.50. The van der Waals surface area contributed by atoms with E-state index in [0.29, 0.717) is 5.82 Å². The van der Waals surface area contributed by atoms with Gasteiger partial charge in [0, 0.05) is 30.5 Å². The number of aryl methyl sites for hydroxylation is 3. The molecule has 2 heterocycles. The lowest BCUT2D eigenvalue weighted by Crippen LogP contribution is -2.41. The number of hydrogen-bond donors (Lipinski definition) is 3. The van der Waals surface area contributed by atoms with Crippen LogP contribution < -0.4 is 10.6 Å². The average molecular weight is 274 g/mol. The molecule has 0 spiro atoms. The molecule has 3 N–H and O–H groups in total. The summed E-state index contributed by atoms with van der Waals surface area (Å²) in [6.45, 7) is 1.94. The topological polar surface area (TPSA) is 87.6 Å². The van der Waals surface area contributed by atoms with E-state index in [1.54, 1.807) is 4.68 Å². The van der Waals surface area contributed by atoms with E-state index in [9.17, 15) is 4.79 Å². The quantitative estimate of drug-likeness (QED) is 0.767. The maximum atomic E-state index is 12.0. The van der Waals surface area contributed by atoms with Crippen LogP contribution in [-0.4, -0.2) is 32.1 Å². The van der Waals surface area contributed by atoms with Crippen LogP contribution in [0, 0.1) is 6.92 Å². The minimum atomic E-state index is -0.208. The molecule has 2 aromatic heterocycles. The van der Waals surface area contributed by atoms with Crippen molar-refractivity contribution in [1.29, 1.82) is 0 Å². The zero-order chi connectivity index (χ0) is 14.1. The van der Waals surface area contributed by atoms with E-state index in [1.165, 1.54) is 11.3 Å². The highest BCUT2D eigenvalue weighted by Gasteiger charge is 2.21. The van der Waals surface area contributed by atoms with Crippen LogP contribution >= 0.6 is 0 Å². The molecule has 0 unspecified atom stereocenters. The van der Waals surface area contributed by atoms with Crippen molar-refractivity contribution in [2.45, 2.75) is 32.2 Å². The predicted molar refractivity (Wildman–Crippen MR) is 74.5 cm³/mol. The lowest BCUT2D eigenvalue weighted by atomic mass is 9.94. The summed E-state index contributed by atoms with van der Waals surface area (Å²) in [5, 5.41) is 17.0. The highest BCUT2D eigenvalue weighted by atomic mass is 16.2. The summed E-state index contributed by atoms with van der Waals surface area (Å²) in [4.78, 5) is 12.0. The normalized spacial score (nSPS) is 17.6. The Kier molecular flexibility index (Phi) is 3.17. The molecule has 1 aliphatic rings. The van der Waals surface area contributed by atoms with Gasteiger partial charge >= 0.3 is 6.03 Å². The minimum absolute atomic E-state index is 0.143. The van der Waals surface area contributed by atoms with Crippen molar-refractivity contribution in [2.24, 2.45) is 7.05 Å². The first-order valence-corrected chi connectivity index (χ1v) is 6.71. The minimum Gasteiger partial charge on any atom is -0.335 e. The maximum absolute atomic E-state index is 12.0. The first-order chi connectivity index (χ1) is 9.61. The van der Waals surface area contributed by atoms with Crippen LogP contribution in [0.25, 0.3) is 0 Å². The fraction of sp³-hybridized carbons (Fsp3) is 0.462. The summed E-state index contributed by atoms with van der Waals surface area (Å²) < 4.78 is 1.73. The largest absolute Gasteiger partial charge is 0.335 e. The van der Waals surface area contributed by atoms with Crippen LogP contribution in [0.2, 0.25) is 0 Å². The Morgan fingerprint density at radius 2 is 2.40 bits per heavy atom. The van der Waals surface area contributed by atoms with Gasteiger partial charge in [-0.05, 0) is 31.7 Å². The number of carbonyl (C=O) groups excluding carboxylic acids is 1. The highest BCUT2D eigenvalue weighted by Crippen LogP contribution is 2.18. The van der Waals surface area contributed by atoms with Gasteiger partial charge in [-0.2, -0.15) is 10.2 Å². The van der Waals surface area contributed by atoms with Gasteiger partial charge < -0.3 is 5.32 Å². The molecular weight excluding hydrogens is 256 g/mol. The molecule has 0 radical (unpaired) electrons. The van der Waals surface area contributed by atoms with Gasteiger partial charge in [-0.25, -0.2) is 4.79 Å². The molecule has 0 bridgehead atoms. The number of rotatable bonds is 2. The van der Waals surface area contributed by atoms with Gasteiger partial charge in [0.05, 0.1) is 6.20 Å². The molecular formula is C13H18N6O. The highest BCUT2D eigenvalue weighted by molar-refractivity contribution is 5.88. The Morgan fingerprint density at radius 3 is 3.15 bits per heavy atom. The van der Waals surface area contributed by atoms with Gasteiger partial charge in [0.1, 0.15) is 0 Å². The second kappa shape index (κ2) is 4.99. The van der Waals surface area contributed by atoms with E-state index in [2.05, 4.69) is 25.9 Å². The standard InChI is InChI=1S/C13H18N6O/c1-8-5-12(18-19(8)2)16-13(20)15-10-3-4-11-9(6-10)7-14-17-11/h5,7,10H,3-4,6H2,1-2H3,(H,14,17)(H2,15,16,18,20)/t10-/m1/s1. The lowest BCUT2D eigenvalue weighted by Gasteiger charge is -2.22. The SMILES string of the molecule is Cc1cc(NC(=O)N[C@@H]2CCc3[nH]ncc3C2)nn1C. The number of carbonyl (C=O) groups is 1. The van der Waals surface area contributed by atoms with E-state index in [0.717, 1.165) is 25.0 Å². The number of H-pyrrole nitrogens is 1. The third-order valence-corrected chi connectivity index (χ3v) is 3.71. The van der Waals surface area contributed by atoms with Crippen molar-refractivity contribution < 1.29 is 4.79 Å². The van der Waals surface area contributed by atoms with Crippen LogP contribution in [-0.2, 0) is 19.9 Å². The first kappa shape index (κ1) is 12.7. The Labute approximate surface area is 116 Å². The molecule has 0 fully saturated rings. The number of nitrogens with zero attached hydrogens (tertiary/aromatic N) is 3. The van der Waals surface area contributed by atoms with Crippen LogP contribution in [0.5, 0.6) is 0 Å². The average Bonchev–Trinajstić information content (AvgIpc) is 2.96. The number of fused-ring (bicyclic) bond motifs is 1. The molecule has 0 aliphatic heterocycles. The number of anilines is 1. The molecule has 20 heavy (non-hydrogen) atoms. The summed E-state index contributed by atoms with van der Waals surface area (Å²) in [5.74, 6) is 0.572. The number of amides is 2. The third kappa shape index (κ3) is 2.52. The summed E-state index contributed by atoms with van der Waals surface area (Å²) in [5.41, 5.74) is 3.38. The Hall–Kier alpha value is -2.31. The molecule has 2 amide bonds. The van der Waals surface area contributed by atoms with Gasteiger partial charge in [0.25, 0.3) is 0 Å². The number of nitrogens with one attached hydrogen (secondary N) is 3. The molecule has 1 atom stereocenters. The van der Waals surface area contributed by atoms with Crippen LogP contribution in [0.1, 0.15) is 23.4 Å². The molecule has 1 aliphatic carbocycles. The second-order valence-electron chi connectivity index (χ2n) is 5.21. The van der Waals surface area contributed by atoms with Gasteiger partial charge in [0.2, 0.25) is 0 Å². The van der Waals surface area contributed by atoms with Crippen LogP contribution in [0.4, 0.5) is 10.6 Å². The summed E-state index contributed by atoms with van der Waals surface area (Å²) in [7, 11) is 1.85. The Morgan fingerprint density at radius 1 is 1.55 bits per heavy atom. The van der Waals surface area contributed by atoms with Gasteiger partial charge in [-0.1, -0.05) is 0 Å². The van der Waals surface area contributed by atoms with E-state index in [-0.39, 0.29) is 12.1 Å². The van der Waals surface area contributed by atoms with Crippen molar-refractivity contribution in [3.05, 3.63) is 29.2 Å². The van der Waals surface area contributed by atoms with Gasteiger partial charge in [-0.15, -0.1) is 0 Å². The van der Waals surface area contributed by atoms with E-state index in [4.69, 9.17) is 0 Å². The molecule has 0 aromatic carbocycles.